The van der Waals surface area contributed by atoms with Crippen LogP contribution in [0, 0.1) is 0 Å². The summed E-state index contributed by atoms with van der Waals surface area (Å²) >= 11 is -0.0532. The number of thioether (sulfide) groups is 1. The molecule has 4 nitrogen and oxygen atoms in total. The summed E-state index contributed by atoms with van der Waals surface area (Å²) in [5, 5.41) is 6.84. The highest BCUT2D eigenvalue weighted by molar-refractivity contribution is 8.00. The Bertz CT molecular complexity index is 299. The summed E-state index contributed by atoms with van der Waals surface area (Å²) in [6, 6.07) is 0. The molecule has 0 fully saturated rings. The molecule has 0 bridgehead atoms. The zero-order chi connectivity index (χ0) is 11.3. The number of aromatic nitrogens is 3. The summed E-state index contributed by atoms with van der Waals surface area (Å²) < 4.78 is 36.8. The van der Waals surface area contributed by atoms with Gasteiger partial charge in [-0.15, -0.1) is 0 Å². The van der Waals surface area contributed by atoms with Gasteiger partial charge in [-0.1, -0.05) is 0 Å². The second-order valence-corrected chi connectivity index (χ2v) is 3.91. The third kappa shape index (κ3) is 5.03. The van der Waals surface area contributed by atoms with Gasteiger partial charge in [-0.25, -0.2) is 4.98 Å². The first-order valence-electron chi connectivity index (χ1n) is 4.25. The molecule has 8 heteroatoms. The number of aryl methyl sites for hydroxylation is 1. The predicted octanol–water partition coefficient (Wildman–Crippen LogP) is 1.25. The SMILES string of the molecule is CNCc1ncn(CCSC(F)(F)F)n1. The molecule has 1 rings (SSSR count). The van der Waals surface area contributed by atoms with Crippen molar-refractivity contribution in [2.45, 2.75) is 18.6 Å². The number of nitrogens with zero attached hydrogens (tertiary/aromatic N) is 3. The molecular weight excluding hydrogens is 229 g/mol. The Morgan fingerprint density at radius 1 is 1.53 bits per heavy atom. The lowest BCUT2D eigenvalue weighted by Gasteiger charge is -2.04. The van der Waals surface area contributed by atoms with E-state index in [2.05, 4.69) is 15.4 Å². The highest BCUT2D eigenvalue weighted by atomic mass is 32.2. The summed E-state index contributed by atoms with van der Waals surface area (Å²) in [6.45, 7) is 0.723. The van der Waals surface area contributed by atoms with Crippen molar-refractivity contribution in [3.05, 3.63) is 12.2 Å². The zero-order valence-electron chi connectivity index (χ0n) is 8.08. The maximum Gasteiger partial charge on any atom is 0.441 e. The van der Waals surface area contributed by atoms with E-state index in [0.29, 0.717) is 12.4 Å². The van der Waals surface area contributed by atoms with E-state index in [4.69, 9.17) is 0 Å². The number of halogens is 3. The number of hydrogen-bond donors (Lipinski definition) is 1. The average Bonchev–Trinajstić information content (AvgIpc) is 2.51. The Morgan fingerprint density at radius 2 is 2.27 bits per heavy atom. The van der Waals surface area contributed by atoms with E-state index in [1.54, 1.807) is 7.05 Å². The van der Waals surface area contributed by atoms with Crippen molar-refractivity contribution in [2.24, 2.45) is 0 Å². The van der Waals surface area contributed by atoms with E-state index in [1.807, 2.05) is 0 Å². The van der Waals surface area contributed by atoms with Gasteiger partial charge in [-0.05, 0) is 18.8 Å². The van der Waals surface area contributed by atoms with E-state index in [0.717, 1.165) is 0 Å². The van der Waals surface area contributed by atoms with Crippen LogP contribution in [-0.4, -0.2) is 33.1 Å². The molecule has 1 aromatic heterocycles. The lowest BCUT2D eigenvalue weighted by Crippen LogP contribution is -2.09. The Labute approximate surface area is 89.3 Å². The number of hydrogen-bond acceptors (Lipinski definition) is 4. The van der Waals surface area contributed by atoms with Crippen LogP contribution in [0.15, 0.2) is 6.33 Å². The molecule has 0 saturated heterocycles. The molecule has 0 saturated carbocycles. The molecule has 0 aromatic carbocycles. The average molecular weight is 240 g/mol. The molecule has 1 N–H and O–H groups in total. The standard InChI is InChI=1S/C7H11F3N4S/c1-11-4-6-12-5-14(13-6)2-3-15-7(8,9)10/h5,11H,2-4H2,1H3. The van der Waals surface area contributed by atoms with Crippen LogP contribution < -0.4 is 5.32 Å². The van der Waals surface area contributed by atoms with Gasteiger partial charge in [0.15, 0.2) is 5.82 Å². The van der Waals surface area contributed by atoms with Crippen molar-refractivity contribution in [3.8, 4) is 0 Å². The summed E-state index contributed by atoms with van der Waals surface area (Å²) in [7, 11) is 1.75. The van der Waals surface area contributed by atoms with E-state index in [1.165, 1.54) is 11.0 Å². The monoisotopic (exact) mass is 240 g/mol. The van der Waals surface area contributed by atoms with Crippen molar-refractivity contribution >= 4 is 11.8 Å². The van der Waals surface area contributed by atoms with Gasteiger partial charge in [-0.2, -0.15) is 18.3 Å². The summed E-state index contributed by atoms with van der Waals surface area (Å²) in [4.78, 5) is 3.92. The van der Waals surface area contributed by atoms with Gasteiger partial charge in [0.1, 0.15) is 6.33 Å². The van der Waals surface area contributed by atoms with E-state index >= 15 is 0 Å². The number of alkyl halides is 3. The molecule has 0 aliphatic rings. The minimum Gasteiger partial charge on any atom is -0.313 e. The van der Waals surface area contributed by atoms with Crippen LogP contribution in [0.3, 0.4) is 0 Å². The van der Waals surface area contributed by atoms with Crippen LogP contribution in [0.1, 0.15) is 5.82 Å². The molecule has 0 radical (unpaired) electrons. The first-order chi connectivity index (χ1) is 7.01. The largest absolute Gasteiger partial charge is 0.441 e. The normalized spacial score (nSPS) is 12.0. The summed E-state index contributed by atoms with van der Waals surface area (Å²) in [5.41, 5.74) is -4.17. The van der Waals surface area contributed by atoms with Crippen LogP contribution in [0.5, 0.6) is 0 Å². The molecule has 1 aromatic rings. The van der Waals surface area contributed by atoms with Crippen LogP contribution in [0.4, 0.5) is 13.2 Å². The third-order valence-corrected chi connectivity index (χ3v) is 2.22. The molecule has 15 heavy (non-hydrogen) atoms. The van der Waals surface area contributed by atoms with Crippen molar-refractivity contribution in [1.82, 2.24) is 20.1 Å². The van der Waals surface area contributed by atoms with Gasteiger partial charge >= 0.3 is 5.51 Å². The highest BCUT2D eigenvalue weighted by Gasteiger charge is 2.27. The molecule has 86 valence electrons. The van der Waals surface area contributed by atoms with Gasteiger partial charge < -0.3 is 5.32 Å². The lowest BCUT2D eigenvalue weighted by atomic mass is 10.6. The number of nitrogens with one attached hydrogen (secondary N) is 1. The maximum atomic E-state index is 11.8. The van der Waals surface area contributed by atoms with Gasteiger partial charge in [0, 0.05) is 5.75 Å². The van der Waals surface area contributed by atoms with Crippen molar-refractivity contribution in [1.29, 1.82) is 0 Å². The van der Waals surface area contributed by atoms with E-state index in [-0.39, 0.29) is 24.1 Å². The fraction of sp³-hybridized carbons (Fsp3) is 0.714. The van der Waals surface area contributed by atoms with Gasteiger partial charge in [0.25, 0.3) is 0 Å². The molecule has 0 aliphatic heterocycles. The quantitative estimate of drug-likeness (QED) is 0.841. The second kappa shape index (κ2) is 5.36. The Balaban J connectivity index is 2.31. The minimum atomic E-state index is -4.17. The van der Waals surface area contributed by atoms with Crippen molar-refractivity contribution < 1.29 is 13.2 Å². The molecule has 0 spiro atoms. The molecular formula is C7H11F3N4S. The van der Waals surface area contributed by atoms with E-state index < -0.39 is 5.51 Å². The Morgan fingerprint density at radius 3 is 2.87 bits per heavy atom. The van der Waals surface area contributed by atoms with Gasteiger partial charge in [0.2, 0.25) is 0 Å². The van der Waals surface area contributed by atoms with Gasteiger partial charge in [0.05, 0.1) is 13.1 Å². The molecule has 0 amide bonds. The number of rotatable bonds is 5. The summed E-state index contributed by atoms with van der Waals surface area (Å²) in [6.07, 6.45) is 1.43. The molecule has 0 unspecified atom stereocenters. The molecule has 0 aliphatic carbocycles. The molecule has 0 atom stereocenters. The molecule has 1 heterocycles. The minimum absolute atomic E-state index is 0.0497. The van der Waals surface area contributed by atoms with Crippen LogP contribution in [-0.2, 0) is 13.1 Å². The van der Waals surface area contributed by atoms with Crippen LogP contribution in [0.25, 0.3) is 0 Å². The fourth-order valence-corrected chi connectivity index (χ4v) is 1.44. The van der Waals surface area contributed by atoms with E-state index in [9.17, 15) is 13.2 Å². The Hall–Kier alpha value is -0.760. The lowest BCUT2D eigenvalue weighted by molar-refractivity contribution is -0.0328. The first-order valence-corrected chi connectivity index (χ1v) is 5.23. The zero-order valence-corrected chi connectivity index (χ0v) is 8.90. The topological polar surface area (TPSA) is 42.7 Å². The van der Waals surface area contributed by atoms with Gasteiger partial charge in [-0.3, -0.25) is 4.68 Å². The second-order valence-electron chi connectivity index (χ2n) is 2.75. The third-order valence-electron chi connectivity index (χ3n) is 1.50. The van der Waals surface area contributed by atoms with Crippen molar-refractivity contribution in [2.75, 3.05) is 12.8 Å². The Kier molecular flexibility index (Phi) is 4.40. The highest BCUT2D eigenvalue weighted by Crippen LogP contribution is 2.29. The van der Waals surface area contributed by atoms with Crippen LogP contribution in [0.2, 0.25) is 0 Å². The first kappa shape index (κ1) is 12.3. The summed E-state index contributed by atoms with van der Waals surface area (Å²) in [5.74, 6) is 0.529. The fourth-order valence-electron chi connectivity index (χ4n) is 0.935. The maximum absolute atomic E-state index is 11.8. The smallest absolute Gasteiger partial charge is 0.313 e. The van der Waals surface area contributed by atoms with Crippen molar-refractivity contribution in [3.63, 3.8) is 0 Å². The van der Waals surface area contributed by atoms with Crippen LogP contribution >= 0.6 is 11.8 Å². The predicted molar refractivity (Wildman–Crippen MR) is 51.3 cm³/mol.